The van der Waals surface area contributed by atoms with Crippen LogP contribution in [0.4, 0.5) is 0 Å². The lowest BCUT2D eigenvalue weighted by Crippen LogP contribution is -2.16. The van der Waals surface area contributed by atoms with Crippen LogP contribution in [-0.2, 0) is 0 Å². The van der Waals surface area contributed by atoms with Crippen molar-refractivity contribution in [1.29, 1.82) is 0 Å². The molecule has 1 heterocycles. The Labute approximate surface area is 105 Å². The highest BCUT2D eigenvalue weighted by atomic mass is 32.2. The summed E-state index contributed by atoms with van der Waals surface area (Å²) in [6.07, 6.45) is 4.70. The van der Waals surface area contributed by atoms with Gasteiger partial charge in [0.05, 0.1) is 6.04 Å². The zero-order valence-electron chi connectivity index (χ0n) is 9.78. The van der Waals surface area contributed by atoms with Crippen molar-refractivity contribution in [2.75, 3.05) is 12.0 Å². The first-order valence-electron chi connectivity index (χ1n) is 5.53. The predicted molar refractivity (Wildman–Crippen MR) is 71.3 cm³/mol. The number of nitrogens with two attached hydrogens (primary N) is 1. The monoisotopic (exact) mass is 248 g/mol. The standard InChI is InChI=1S/C12H16N4S/c1-17-8-7-11(13)12-15-14-9-16(12)10-5-3-2-4-6-10/h2-6,9,11H,7-8,13H2,1H3/t11-/m1/s1. The summed E-state index contributed by atoms with van der Waals surface area (Å²) in [6.45, 7) is 0. The van der Waals surface area contributed by atoms with E-state index in [0.29, 0.717) is 0 Å². The molecule has 5 heteroatoms. The topological polar surface area (TPSA) is 56.7 Å². The molecule has 2 aromatic rings. The minimum atomic E-state index is -0.0647. The molecule has 1 aromatic heterocycles. The van der Waals surface area contributed by atoms with Crippen molar-refractivity contribution >= 4 is 11.8 Å². The van der Waals surface area contributed by atoms with E-state index >= 15 is 0 Å². The molecule has 0 aliphatic carbocycles. The van der Waals surface area contributed by atoms with Gasteiger partial charge in [-0.2, -0.15) is 11.8 Å². The maximum Gasteiger partial charge on any atom is 0.154 e. The highest BCUT2D eigenvalue weighted by Crippen LogP contribution is 2.17. The lowest BCUT2D eigenvalue weighted by Gasteiger charge is -2.12. The minimum Gasteiger partial charge on any atom is -0.321 e. The molecule has 0 amide bonds. The summed E-state index contributed by atoms with van der Waals surface area (Å²) in [5, 5.41) is 8.08. The molecular weight excluding hydrogens is 232 g/mol. The molecule has 2 N–H and O–H groups in total. The van der Waals surface area contributed by atoms with Gasteiger partial charge in [-0.05, 0) is 30.6 Å². The van der Waals surface area contributed by atoms with Crippen LogP contribution >= 0.6 is 11.8 Å². The second-order valence-corrected chi connectivity index (χ2v) is 4.77. The van der Waals surface area contributed by atoms with Gasteiger partial charge >= 0.3 is 0 Å². The second kappa shape index (κ2) is 5.84. The fraction of sp³-hybridized carbons (Fsp3) is 0.333. The van der Waals surface area contributed by atoms with Crippen LogP contribution in [-0.4, -0.2) is 26.8 Å². The lowest BCUT2D eigenvalue weighted by molar-refractivity contribution is 0.638. The van der Waals surface area contributed by atoms with Crippen molar-refractivity contribution in [3.63, 3.8) is 0 Å². The van der Waals surface area contributed by atoms with Crippen molar-refractivity contribution in [3.8, 4) is 5.69 Å². The van der Waals surface area contributed by atoms with Gasteiger partial charge in [0.1, 0.15) is 6.33 Å². The van der Waals surface area contributed by atoms with E-state index in [0.717, 1.165) is 23.7 Å². The molecule has 0 spiro atoms. The molecule has 0 radical (unpaired) electrons. The fourth-order valence-corrected chi connectivity index (χ4v) is 2.15. The third-order valence-corrected chi connectivity index (χ3v) is 3.22. The van der Waals surface area contributed by atoms with Gasteiger partial charge in [0.15, 0.2) is 5.82 Å². The second-order valence-electron chi connectivity index (χ2n) is 3.78. The summed E-state index contributed by atoms with van der Waals surface area (Å²) < 4.78 is 1.95. The molecule has 17 heavy (non-hydrogen) atoms. The number of thioether (sulfide) groups is 1. The number of benzene rings is 1. The maximum atomic E-state index is 6.13. The van der Waals surface area contributed by atoms with E-state index in [1.807, 2.05) is 34.9 Å². The molecule has 0 aliphatic rings. The Morgan fingerprint density at radius 1 is 1.35 bits per heavy atom. The van der Waals surface area contributed by atoms with Gasteiger partial charge in [-0.1, -0.05) is 18.2 Å². The molecule has 4 nitrogen and oxygen atoms in total. The van der Waals surface area contributed by atoms with Crippen LogP contribution in [0.15, 0.2) is 36.7 Å². The van der Waals surface area contributed by atoms with E-state index in [1.54, 1.807) is 18.1 Å². The number of nitrogens with zero attached hydrogens (tertiary/aromatic N) is 3. The van der Waals surface area contributed by atoms with Gasteiger partial charge in [0.2, 0.25) is 0 Å². The van der Waals surface area contributed by atoms with Crippen LogP contribution in [0.25, 0.3) is 5.69 Å². The van der Waals surface area contributed by atoms with E-state index in [2.05, 4.69) is 16.5 Å². The van der Waals surface area contributed by atoms with Crippen LogP contribution in [0, 0.1) is 0 Å². The zero-order chi connectivity index (χ0) is 12.1. The molecular formula is C12H16N4S. The Bertz CT molecular complexity index is 455. The first-order valence-corrected chi connectivity index (χ1v) is 6.92. The zero-order valence-corrected chi connectivity index (χ0v) is 10.6. The van der Waals surface area contributed by atoms with Crippen molar-refractivity contribution < 1.29 is 0 Å². The quantitative estimate of drug-likeness (QED) is 0.879. The Morgan fingerprint density at radius 2 is 2.12 bits per heavy atom. The molecule has 0 saturated carbocycles. The van der Waals surface area contributed by atoms with Gasteiger partial charge in [0, 0.05) is 5.69 Å². The molecule has 90 valence electrons. The Balaban J connectivity index is 2.23. The van der Waals surface area contributed by atoms with Gasteiger partial charge in [0.25, 0.3) is 0 Å². The van der Waals surface area contributed by atoms with Gasteiger partial charge < -0.3 is 5.73 Å². The van der Waals surface area contributed by atoms with E-state index in [4.69, 9.17) is 5.73 Å². The number of rotatable bonds is 5. The number of hydrogen-bond acceptors (Lipinski definition) is 4. The Morgan fingerprint density at radius 3 is 2.82 bits per heavy atom. The van der Waals surface area contributed by atoms with Crippen molar-refractivity contribution in [3.05, 3.63) is 42.5 Å². The first-order chi connectivity index (χ1) is 8.33. The van der Waals surface area contributed by atoms with Crippen LogP contribution in [0.2, 0.25) is 0 Å². The normalized spacial score (nSPS) is 12.6. The molecule has 2 rings (SSSR count). The van der Waals surface area contributed by atoms with Gasteiger partial charge in [-0.25, -0.2) is 0 Å². The molecule has 0 fully saturated rings. The third kappa shape index (κ3) is 2.87. The molecule has 0 bridgehead atoms. The highest BCUT2D eigenvalue weighted by Gasteiger charge is 2.13. The SMILES string of the molecule is CSCC[C@@H](N)c1nncn1-c1ccccc1. The van der Waals surface area contributed by atoms with Crippen LogP contribution in [0.1, 0.15) is 18.3 Å². The molecule has 0 aliphatic heterocycles. The molecule has 0 unspecified atom stereocenters. The van der Waals surface area contributed by atoms with E-state index in [9.17, 15) is 0 Å². The summed E-state index contributed by atoms with van der Waals surface area (Å²) >= 11 is 1.79. The summed E-state index contributed by atoms with van der Waals surface area (Å²) in [5.41, 5.74) is 7.18. The molecule has 1 atom stereocenters. The van der Waals surface area contributed by atoms with Crippen molar-refractivity contribution in [1.82, 2.24) is 14.8 Å². The molecule has 1 aromatic carbocycles. The van der Waals surface area contributed by atoms with E-state index in [-0.39, 0.29) is 6.04 Å². The maximum absolute atomic E-state index is 6.13. The van der Waals surface area contributed by atoms with E-state index < -0.39 is 0 Å². The number of para-hydroxylation sites is 1. The number of aromatic nitrogens is 3. The van der Waals surface area contributed by atoms with Crippen molar-refractivity contribution in [2.24, 2.45) is 5.73 Å². The summed E-state index contributed by atoms with van der Waals surface area (Å²) in [7, 11) is 0. The smallest absolute Gasteiger partial charge is 0.154 e. The summed E-state index contributed by atoms with van der Waals surface area (Å²) in [5.74, 6) is 1.85. The van der Waals surface area contributed by atoms with Crippen molar-refractivity contribution in [2.45, 2.75) is 12.5 Å². The van der Waals surface area contributed by atoms with E-state index in [1.165, 1.54) is 0 Å². The minimum absolute atomic E-state index is 0.0647. The van der Waals surface area contributed by atoms with Crippen LogP contribution in [0.5, 0.6) is 0 Å². The summed E-state index contributed by atoms with van der Waals surface area (Å²) in [6, 6.07) is 9.95. The Kier molecular flexibility index (Phi) is 4.17. The first kappa shape index (κ1) is 12.1. The number of hydrogen-bond donors (Lipinski definition) is 1. The third-order valence-electron chi connectivity index (χ3n) is 2.57. The van der Waals surface area contributed by atoms with Gasteiger partial charge in [-0.3, -0.25) is 4.57 Å². The highest BCUT2D eigenvalue weighted by molar-refractivity contribution is 7.98. The summed E-state index contributed by atoms with van der Waals surface area (Å²) in [4.78, 5) is 0. The average molecular weight is 248 g/mol. The van der Waals surface area contributed by atoms with Crippen LogP contribution < -0.4 is 5.73 Å². The largest absolute Gasteiger partial charge is 0.321 e. The fourth-order valence-electron chi connectivity index (χ4n) is 1.66. The lowest BCUT2D eigenvalue weighted by atomic mass is 10.2. The Hall–Kier alpha value is -1.33. The predicted octanol–water partition coefficient (Wildman–Crippen LogP) is 2.02. The van der Waals surface area contributed by atoms with Gasteiger partial charge in [-0.15, -0.1) is 10.2 Å². The average Bonchev–Trinajstić information content (AvgIpc) is 2.86. The van der Waals surface area contributed by atoms with Crippen LogP contribution in [0.3, 0.4) is 0 Å². The molecule has 0 saturated heterocycles.